The van der Waals surface area contributed by atoms with Crippen molar-refractivity contribution < 1.29 is 0 Å². The average Bonchev–Trinajstić information content (AvgIpc) is 3.19. The highest BCUT2D eigenvalue weighted by atomic mass is 127. The lowest BCUT2D eigenvalue weighted by Crippen LogP contribution is -1.91. The van der Waals surface area contributed by atoms with Gasteiger partial charge in [0.2, 0.25) is 0 Å². The van der Waals surface area contributed by atoms with E-state index in [1.807, 2.05) is 42.6 Å². The van der Waals surface area contributed by atoms with Crippen LogP contribution in [0.5, 0.6) is 0 Å². The predicted octanol–water partition coefficient (Wildman–Crippen LogP) is 6.56. The molecule has 0 spiro atoms. The van der Waals surface area contributed by atoms with Gasteiger partial charge < -0.3 is 4.98 Å². The summed E-state index contributed by atoms with van der Waals surface area (Å²) in [5, 5.41) is 0. The molecule has 28 heavy (non-hydrogen) atoms. The van der Waals surface area contributed by atoms with Gasteiger partial charge in [-0.3, -0.25) is 4.98 Å². The summed E-state index contributed by atoms with van der Waals surface area (Å²) >= 11 is 2.39. The van der Waals surface area contributed by atoms with Gasteiger partial charge in [0, 0.05) is 20.9 Å². The number of rotatable bonds is 3. The van der Waals surface area contributed by atoms with Gasteiger partial charge in [0.15, 0.2) is 0 Å². The van der Waals surface area contributed by atoms with Crippen molar-refractivity contribution in [3.63, 3.8) is 0 Å². The maximum Gasteiger partial charge on any atom is 0.139 e. The third kappa shape index (κ3) is 3.10. The molecule has 2 heterocycles. The van der Waals surface area contributed by atoms with Crippen LogP contribution in [0.3, 0.4) is 0 Å². The van der Waals surface area contributed by atoms with E-state index in [-0.39, 0.29) is 0 Å². The van der Waals surface area contributed by atoms with E-state index in [1.165, 1.54) is 9.13 Å². The van der Waals surface area contributed by atoms with Gasteiger partial charge in [-0.1, -0.05) is 48.5 Å². The number of pyridine rings is 1. The van der Waals surface area contributed by atoms with Crippen LogP contribution in [0, 0.1) is 3.57 Å². The molecule has 3 aromatic carbocycles. The van der Waals surface area contributed by atoms with Gasteiger partial charge in [0.05, 0.1) is 16.7 Å². The molecule has 0 saturated heterocycles. The zero-order valence-corrected chi connectivity index (χ0v) is 17.1. The first kappa shape index (κ1) is 17.1. The van der Waals surface area contributed by atoms with Gasteiger partial charge in [0.1, 0.15) is 5.82 Å². The maximum absolute atomic E-state index is 4.86. The minimum Gasteiger partial charge on any atom is -0.338 e. The maximum atomic E-state index is 4.86. The number of aromatic nitrogens is 3. The number of fused-ring (bicyclic) bond motifs is 1. The molecule has 3 nitrogen and oxygen atoms in total. The number of para-hydroxylation sites is 2. The number of hydrogen-bond donors (Lipinski definition) is 1. The van der Waals surface area contributed by atoms with Crippen LogP contribution in [0.2, 0.25) is 0 Å². The lowest BCUT2D eigenvalue weighted by molar-refractivity contribution is 1.31. The fraction of sp³-hybridized carbons (Fsp3) is 0. The molecule has 0 saturated carbocycles. The van der Waals surface area contributed by atoms with Crippen molar-refractivity contribution in [3.05, 3.63) is 94.7 Å². The van der Waals surface area contributed by atoms with Crippen molar-refractivity contribution in [2.45, 2.75) is 0 Å². The molecular weight excluding hydrogens is 457 g/mol. The third-order valence-corrected chi connectivity index (χ3v) is 5.73. The van der Waals surface area contributed by atoms with E-state index in [4.69, 9.17) is 4.98 Å². The Labute approximate surface area is 176 Å². The number of aromatic amines is 1. The summed E-state index contributed by atoms with van der Waals surface area (Å²) < 4.78 is 1.21. The minimum atomic E-state index is 0.869. The fourth-order valence-corrected chi connectivity index (χ4v) is 4.11. The third-order valence-electron chi connectivity index (χ3n) is 4.79. The van der Waals surface area contributed by atoms with Crippen molar-refractivity contribution >= 4 is 33.6 Å². The molecule has 5 aromatic rings. The number of H-pyrrole nitrogens is 1. The SMILES string of the molecule is Ic1ccccc1-c1ccc(-c2ccccn2)cc1-c1nc2ccccc2[nH]1. The summed E-state index contributed by atoms with van der Waals surface area (Å²) in [5.41, 5.74) is 7.46. The Morgan fingerprint density at radius 1 is 0.714 bits per heavy atom. The quantitative estimate of drug-likeness (QED) is 0.302. The first-order valence-electron chi connectivity index (χ1n) is 9.05. The normalized spacial score (nSPS) is 11.0. The molecule has 0 aliphatic carbocycles. The molecule has 0 aliphatic heterocycles. The molecule has 0 atom stereocenters. The number of halogens is 1. The van der Waals surface area contributed by atoms with Crippen LogP contribution in [0.1, 0.15) is 0 Å². The van der Waals surface area contributed by atoms with E-state index in [9.17, 15) is 0 Å². The van der Waals surface area contributed by atoms with Crippen molar-refractivity contribution in [3.8, 4) is 33.8 Å². The second-order valence-electron chi connectivity index (χ2n) is 6.56. The van der Waals surface area contributed by atoms with Crippen molar-refractivity contribution in [1.29, 1.82) is 0 Å². The molecule has 0 bridgehead atoms. The van der Waals surface area contributed by atoms with Crippen LogP contribution in [-0.2, 0) is 0 Å². The van der Waals surface area contributed by atoms with E-state index < -0.39 is 0 Å². The number of benzene rings is 3. The first-order valence-corrected chi connectivity index (χ1v) is 10.1. The summed E-state index contributed by atoms with van der Waals surface area (Å²) in [6.45, 7) is 0. The van der Waals surface area contributed by atoms with Crippen LogP contribution in [0.15, 0.2) is 91.1 Å². The van der Waals surface area contributed by atoms with E-state index in [0.29, 0.717) is 0 Å². The standard InChI is InChI=1S/C24H16IN3/c25-20-8-2-1-7-18(20)17-13-12-16(21-9-5-6-14-26-21)15-19(17)24-27-22-10-3-4-11-23(22)28-24/h1-15H,(H,27,28). The minimum absolute atomic E-state index is 0.869. The summed E-state index contributed by atoms with van der Waals surface area (Å²) in [5.74, 6) is 0.869. The van der Waals surface area contributed by atoms with E-state index in [2.05, 4.69) is 81.1 Å². The highest BCUT2D eigenvalue weighted by Crippen LogP contribution is 2.36. The smallest absolute Gasteiger partial charge is 0.139 e. The molecule has 4 heteroatoms. The van der Waals surface area contributed by atoms with Crippen LogP contribution >= 0.6 is 22.6 Å². The van der Waals surface area contributed by atoms with E-state index in [1.54, 1.807) is 0 Å². The number of nitrogens with zero attached hydrogens (tertiary/aromatic N) is 2. The Balaban J connectivity index is 1.76. The molecule has 0 radical (unpaired) electrons. The first-order chi connectivity index (χ1) is 13.8. The van der Waals surface area contributed by atoms with Crippen LogP contribution in [0.25, 0.3) is 44.8 Å². The summed E-state index contributed by atoms with van der Waals surface area (Å²) in [4.78, 5) is 12.9. The molecule has 5 rings (SSSR count). The molecular formula is C24H16IN3. The Morgan fingerprint density at radius 3 is 2.36 bits per heavy atom. The number of nitrogens with one attached hydrogen (secondary N) is 1. The summed E-state index contributed by atoms with van der Waals surface area (Å²) in [6.07, 6.45) is 1.82. The second kappa shape index (κ2) is 7.20. The van der Waals surface area contributed by atoms with Crippen LogP contribution < -0.4 is 0 Å². The fourth-order valence-electron chi connectivity index (χ4n) is 3.43. The largest absolute Gasteiger partial charge is 0.338 e. The molecule has 134 valence electrons. The Bertz CT molecular complexity index is 1240. The highest BCUT2D eigenvalue weighted by molar-refractivity contribution is 14.1. The summed E-state index contributed by atoms with van der Waals surface area (Å²) in [7, 11) is 0. The second-order valence-corrected chi connectivity index (χ2v) is 7.72. The van der Waals surface area contributed by atoms with Gasteiger partial charge in [0.25, 0.3) is 0 Å². The molecule has 2 aromatic heterocycles. The van der Waals surface area contributed by atoms with Crippen molar-refractivity contribution in [2.24, 2.45) is 0 Å². The molecule has 1 N–H and O–H groups in total. The van der Waals surface area contributed by atoms with Crippen LogP contribution in [-0.4, -0.2) is 15.0 Å². The number of hydrogen-bond acceptors (Lipinski definition) is 2. The van der Waals surface area contributed by atoms with Crippen molar-refractivity contribution in [2.75, 3.05) is 0 Å². The van der Waals surface area contributed by atoms with Gasteiger partial charge in [-0.25, -0.2) is 4.98 Å². The monoisotopic (exact) mass is 473 g/mol. The number of imidazole rings is 1. The van der Waals surface area contributed by atoms with Gasteiger partial charge in [-0.05, 0) is 70.1 Å². The van der Waals surface area contributed by atoms with Gasteiger partial charge in [-0.15, -0.1) is 0 Å². The summed E-state index contributed by atoms with van der Waals surface area (Å²) in [6, 6.07) is 29.0. The van der Waals surface area contributed by atoms with Crippen molar-refractivity contribution in [1.82, 2.24) is 15.0 Å². The predicted molar refractivity (Wildman–Crippen MR) is 123 cm³/mol. The van der Waals surface area contributed by atoms with Crippen LogP contribution in [0.4, 0.5) is 0 Å². The Morgan fingerprint density at radius 2 is 1.54 bits per heavy atom. The average molecular weight is 473 g/mol. The molecule has 0 fully saturated rings. The molecule has 0 unspecified atom stereocenters. The van der Waals surface area contributed by atoms with E-state index in [0.717, 1.165) is 39.2 Å². The van der Waals surface area contributed by atoms with E-state index >= 15 is 0 Å². The molecule has 0 aliphatic rings. The zero-order chi connectivity index (χ0) is 18.9. The Hall–Kier alpha value is -2.99. The topological polar surface area (TPSA) is 41.6 Å². The van der Waals surface area contributed by atoms with Gasteiger partial charge >= 0.3 is 0 Å². The van der Waals surface area contributed by atoms with Gasteiger partial charge in [-0.2, -0.15) is 0 Å². The molecule has 0 amide bonds. The zero-order valence-electron chi connectivity index (χ0n) is 14.9. The Kier molecular flexibility index (Phi) is 4.41. The highest BCUT2D eigenvalue weighted by Gasteiger charge is 2.15. The lowest BCUT2D eigenvalue weighted by Gasteiger charge is -2.12. The lowest BCUT2D eigenvalue weighted by atomic mass is 9.96.